The molecule has 0 aromatic carbocycles. The van der Waals surface area contributed by atoms with Crippen LogP contribution in [0.4, 0.5) is 11.6 Å². The zero-order chi connectivity index (χ0) is 13.5. The van der Waals surface area contributed by atoms with Crippen LogP contribution in [0, 0.1) is 0 Å². The summed E-state index contributed by atoms with van der Waals surface area (Å²) in [6.45, 7) is 5.80. The van der Waals surface area contributed by atoms with Gasteiger partial charge < -0.3 is 15.4 Å². The third-order valence-electron chi connectivity index (χ3n) is 2.99. The lowest BCUT2D eigenvalue weighted by molar-refractivity contribution is 0.202. The van der Waals surface area contributed by atoms with E-state index >= 15 is 0 Å². The van der Waals surface area contributed by atoms with Crippen molar-refractivity contribution < 1.29 is 4.74 Å². The Morgan fingerprint density at radius 2 is 2.06 bits per heavy atom. The predicted molar refractivity (Wildman–Crippen MR) is 77.7 cm³/mol. The molecule has 1 heterocycles. The Kier molecular flexibility index (Phi) is 6.35. The van der Waals surface area contributed by atoms with Crippen LogP contribution in [0.15, 0.2) is 10.8 Å². The van der Waals surface area contributed by atoms with E-state index in [-0.39, 0.29) is 0 Å². The molecule has 2 N–H and O–H groups in total. The standard InChI is InChI=1S/C12H21BrN4O/c1-4-9(5-2)17(6-7-18-3)12-10(13)11(14)15-8-16-12/h8-9H,4-7H2,1-3H3,(H2,14,15,16). The quantitative estimate of drug-likeness (QED) is 0.837. The van der Waals surface area contributed by atoms with Gasteiger partial charge >= 0.3 is 0 Å². The number of rotatable bonds is 7. The molecule has 18 heavy (non-hydrogen) atoms. The first-order valence-corrected chi connectivity index (χ1v) is 6.96. The summed E-state index contributed by atoms with van der Waals surface area (Å²) in [7, 11) is 1.70. The first kappa shape index (κ1) is 15.2. The van der Waals surface area contributed by atoms with E-state index in [0.717, 1.165) is 29.7 Å². The van der Waals surface area contributed by atoms with Gasteiger partial charge in [0.25, 0.3) is 0 Å². The molecule has 0 unspecified atom stereocenters. The molecule has 0 spiro atoms. The van der Waals surface area contributed by atoms with Crippen LogP contribution in [0.5, 0.6) is 0 Å². The summed E-state index contributed by atoms with van der Waals surface area (Å²) in [6, 6.07) is 0.422. The summed E-state index contributed by atoms with van der Waals surface area (Å²) in [4.78, 5) is 10.5. The van der Waals surface area contributed by atoms with Crippen molar-refractivity contribution in [3.63, 3.8) is 0 Å². The highest BCUT2D eigenvalue weighted by Gasteiger charge is 2.20. The lowest BCUT2D eigenvalue weighted by Crippen LogP contribution is -2.38. The van der Waals surface area contributed by atoms with E-state index in [1.54, 1.807) is 7.11 Å². The van der Waals surface area contributed by atoms with Crippen LogP contribution in [-0.4, -0.2) is 36.3 Å². The van der Waals surface area contributed by atoms with E-state index in [0.29, 0.717) is 18.5 Å². The SMILES string of the molecule is CCC(CC)N(CCOC)c1ncnc(N)c1Br. The smallest absolute Gasteiger partial charge is 0.148 e. The van der Waals surface area contributed by atoms with Crippen LogP contribution in [0.3, 0.4) is 0 Å². The lowest BCUT2D eigenvalue weighted by atomic mass is 10.1. The van der Waals surface area contributed by atoms with E-state index in [9.17, 15) is 0 Å². The number of anilines is 2. The largest absolute Gasteiger partial charge is 0.383 e. The van der Waals surface area contributed by atoms with Gasteiger partial charge in [-0.3, -0.25) is 0 Å². The van der Waals surface area contributed by atoms with Crippen molar-refractivity contribution in [1.82, 2.24) is 9.97 Å². The first-order valence-electron chi connectivity index (χ1n) is 6.17. The molecule has 0 aliphatic rings. The number of hydrogen-bond donors (Lipinski definition) is 1. The van der Waals surface area contributed by atoms with E-state index in [1.807, 2.05) is 0 Å². The molecule has 6 heteroatoms. The molecule has 1 rings (SSSR count). The fourth-order valence-corrected chi connectivity index (χ4v) is 2.39. The van der Waals surface area contributed by atoms with Gasteiger partial charge in [-0.05, 0) is 28.8 Å². The third kappa shape index (κ3) is 3.55. The van der Waals surface area contributed by atoms with Gasteiger partial charge in [-0.25, -0.2) is 9.97 Å². The minimum atomic E-state index is 0.422. The Morgan fingerprint density at radius 1 is 1.39 bits per heavy atom. The maximum absolute atomic E-state index is 5.81. The van der Waals surface area contributed by atoms with Gasteiger partial charge in [-0.15, -0.1) is 0 Å². The van der Waals surface area contributed by atoms with Crippen molar-refractivity contribution in [2.75, 3.05) is 30.9 Å². The molecule has 102 valence electrons. The highest BCUT2D eigenvalue weighted by atomic mass is 79.9. The normalized spacial score (nSPS) is 10.9. The van der Waals surface area contributed by atoms with Gasteiger partial charge in [-0.2, -0.15) is 0 Å². The molecular formula is C12H21BrN4O. The number of nitrogens with zero attached hydrogens (tertiary/aromatic N) is 3. The highest BCUT2D eigenvalue weighted by Crippen LogP contribution is 2.29. The predicted octanol–water partition coefficient (Wildman–Crippen LogP) is 2.46. The van der Waals surface area contributed by atoms with E-state index in [1.165, 1.54) is 6.33 Å². The summed E-state index contributed by atoms with van der Waals surface area (Å²) >= 11 is 3.47. The molecule has 0 saturated carbocycles. The minimum Gasteiger partial charge on any atom is -0.383 e. The molecule has 0 saturated heterocycles. The van der Waals surface area contributed by atoms with Crippen molar-refractivity contribution >= 4 is 27.6 Å². The minimum absolute atomic E-state index is 0.422. The van der Waals surface area contributed by atoms with Crippen molar-refractivity contribution in [1.29, 1.82) is 0 Å². The summed E-state index contributed by atoms with van der Waals surface area (Å²) < 4.78 is 5.93. The van der Waals surface area contributed by atoms with Crippen LogP contribution in [0.25, 0.3) is 0 Å². The Labute approximate surface area is 117 Å². The number of nitrogen functional groups attached to an aromatic ring is 1. The number of methoxy groups -OCH3 is 1. The molecule has 0 bridgehead atoms. The molecule has 0 aliphatic carbocycles. The first-order chi connectivity index (χ1) is 8.65. The molecule has 5 nitrogen and oxygen atoms in total. The molecule has 0 aliphatic heterocycles. The number of halogens is 1. The number of aromatic nitrogens is 2. The van der Waals surface area contributed by atoms with Crippen molar-refractivity contribution in [3.8, 4) is 0 Å². The molecular weight excluding hydrogens is 296 g/mol. The fraction of sp³-hybridized carbons (Fsp3) is 0.667. The number of ether oxygens (including phenoxy) is 1. The molecule has 0 radical (unpaired) electrons. The van der Waals surface area contributed by atoms with Gasteiger partial charge in [0.1, 0.15) is 22.4 Å². The molecule has 1 aromatic rings. The van der Waals surface area contributed by atoms with Crippen LogP contribution < -0.4 is 10.6 Å². The lowest BCUT2D eigenvalue weighted by Gasteiger charge is -2.32. The number of nitrogens with two attached hydrogens (primary N) is 1. The summed E-state index contributed by atoms with van der Waals surface area (Å²) in [5, 5.41) is 0. The Hall–Kier alpha value is -0.880. The summed E-state index contributed by atoms with van der Waals surface area (Å²) in [5.41, 5.74) is 5.81. The second-order valence-electron chi connectivity index (χ2n) is 4.05. The Balaban J connectivity index is 3.04. The van der Waals surface area contributed by atoms with Gasteiger partial charge in [-0.1, -0.05) is 13.8 Å². The third-order valence-corrected chi connectivity index (χ3v) is 3.75. The van der Waals surface area contributed by atoms with E-state index in [2.05, 4.69) is 44.6 Å². The summed E-state index contributed by atoms with van der Waals surface area (Å²) in [5.74, 6) is 1.31. The van der Waals surface area contributed by atoms with Crippen LogP contribution in [0.1, 0.15) is 26.7 Å². The molecule has 0 fully saturated rings. The summed E-state index contributed by atoms with van der Waals surface area (Å²) in [6.07, 6.45) is 3.60. The average Bonchev–Trinajstić information content (AvgIpc) is 2.38. The highest BCUT2D eigenvalue weighted by molar-refractivity contribution is 9.10. The van der Waals surface area contributed by atoms with Gasteiger partial charge in [0.15, 0.2) is 0 Å². The molecule has 1 aromatic heterocycles. The Morgan fingerprint density at radius 3 is 2.61 bits per heavy atom. The maximum atomic E-state index is 5.81. The van der Waals surface area contributed by atoms with Gasteiger partial charge in [0, 0.05) is 19.7 Å². The zero-order valence-corrected chi connectivity index (χ0v) is 12.8. The second-order valence-corrected chi connectivity index (χ2v) is 4.85. The second kappa shape index (κ2) is 7.53. The van der Waals surface area contributed by atoms with Gasteiger partial charge in [0.2, 0.25) is 0 Å². The van der Waals surface area contributed by atoms with Crippen molar-refractivity contribution in [2.24, 2.45) is 0 Å². The van der Waals surface area contributed by atoms with Gasteiger partial charge in [0.05, 0.1) is 6.61 Å². The molecule has 0 amide bonds. The molecule has 0 atom stereocenters. The van der Waals surface area contributed by atoms with Crippen molar-refractivity contribution in [3.05, 3.63) is 10.8 Å². The zero-order valence-electron chi connectivity index (χ0n) is 11.2. The number of hydrogen-bond acceptors (Lipinski definition) is 5. The van der Waals surface area contributed by atoms with Crippen LogP contribution in [-0.2, 0) is 4.74 Å². The van der Waals surface area contributed by atoms with Crippen LogP contribution in [0.2, 0.25) is 0 Å². The Bertz CT molecular complexity index is 371. The van der Waals surface area contributed by atoms with Crippen molar-refractivity contribution in [2.45, 2.75) is 32.7 Å². The van der Waals surface area contributed by atoms with E-state index in [4.69, 9.17) is 10.5 Å². The monoisotopic (exact) mass is 316 g/mol. The topological polar surface area (TPSA) is 64.3 Å². The van der Waals surface area contributed by atoms with Crippen LogP contribution >= 0.6 is 15.9 Å². The average molecular weight is 317 g/mol. The fourth-order valence-electron chi connectivity index (χ4n) is 1.95. The van der Waals surface area contributed by atoms with E-state index < -0.39 is 0 Å². The maximum Gasteiger partial charge on any atom is 0.148 e.